The average Bonchev–Trinajstić information content (AvgIpc) is 3.10. The second kappa shape index (κ2) is 6.22. The number of fused-ring (bicyclic) bond motifs is 1. The van der Waals surface area contributed by atoms with Crippen LogP contribution in [0.15, 0.2) is 48.7 Å². The van der Waals surface area contributed by atoms with Gasteiger partial charge in [0.05, 0.1) is 17.5 Å². The average molecular weight is 323 g/mol. The minimum absolute atomic E-state index is 0.479. The first-order valence-corrected chi connectivity index (χ1v) is 8.31. The Morgan fingerprint density at radius 1 is 1.25 bits per heavy atom. The molecule has 0 saturated carbocycles. The number of nitrogens with one attached hydrogen (secondary N) is 2. The summed E-state index contributed by atoms with van der Waals surface area (Å²) in [5.74, 6) is 0.836. The third-order valence-corrected chi connectivity index (χ3v) is 4.48. The summed E-state index contributed by atoms with van der Waals surface area (Å²) in [6, 6.07) is 13.9. The van der Waals surface area contributed by atoms with Crippen molar-refractivity contribution in [3.8, 4) is 11.3 Å². The maximum atomic E-state index is 10.7. The summed E-state index contributed by atoms with van der Waals surface area (Å²) in [5.41, 5.74) is 2.00. The SMILES string of the molecule is O[C@]1(CNc2cc(-c3ccccc3)nc3ccnn23)CCCNC1. The van der Waals surface area contributed by atoms with Crippen LogP contribution in [0.1, 0.15) is 12.8 Å². The number of aromatic nitrogens is 3. The molecule has 1 aromatic carbocycles. The highest BCUT2D eigenvalue weighted by Gasteiger charge is 2.29. The third kappa shape index (κ3) is 2.98. The lowest BCUT2D eigenvalue weighted by Crippen LogP contribution is -2.50. The van der Waals surface area contributed by atoms with E-state index in [1.165, 1.54) is 0 Å². The van der Waals surface area contributed by atoms with E-state index in [0.29, 0.717) is 13.1 Å². The zero-order chi connectivity index (χ0) is 16.4. The molecule has 4 rings (SSSR count). The first-order valence-electron chi connectivity index (χ1n) is 8.31. The molecule has 3 N–H and O–H groups in total. The van der Waals surface area contributed by atoms with E-state index >= 15 is 0 Å². The van der Waals surface area contributed by atoms with Crippen molar-refractivity contribution in [2.45, 2.75) is 18.4 Å². The van der Waals surface area contributed by atoms with E-state index in [1.54, 1.807) is 10.7 Å². The molecule has 1 fully saturated rings. The minimum Gasteiger partial charge on any atom is -0.387 e. The molecule has 0 radical (unpaired) electrons. The molecule has 1 aliphatic heterocycles. The van der Waals surface area contributed by atoms with E-state index in [9.17, 15) is 5.11 Å². The van der Waals surface area contributed by atoms with Gasteiger partial charge in [-0.25, -0.2) is 4.98 Å². The predicted octanol–water partition coefficient (Wildman–Crippen LogP) is 1.92. The molecule has 24 heavy (non-hydrogen) atoms. The van der Waals surface area contributed by atoms with Crippen molar-refractivity contribution in [1.29, 1.82) is 0 Å². The van der Waals surface area contributed by atoms with Gasteiger partial charge < -0.3 is 15.7 Å². The lowest BCUT2D eigenvalue weighted by atomic mass is 9.94. The van der Waals surface area contributed by atoms with Crippen LogP contribution >= 0.6 is 0 Å². The Hall–Kier alpha value is -2.44. The maximum absolute atomic E-state index is 10.7. The smallest absolute Gasteiger partial charge is 0.157 e. The van der Waals surface area contributed by atoms with Crippen molar-refractivity contribution in [3.63, 3.8) is 0 Å². The molecule has 2 aromatic heterocycles. The van der Waals surface area contributed by atoms with E-state index in [4.69, 9.17) is 0 Å². The van der Waals surface area contributed by atoms with Gasteiger partial charge in [0.25, 0.3) is 0 Å². The highest BCUT2D eigenvalue weighted by Crippen LogP contribution is 2.23. The van der Waals surface area contributed by atoms with Gasteiger partial charge in [0, 0.05) is 30.8 Å². The molecule has 124 valence electrons. The third-order valence-electron chi connectivity index (χ3n) is 4.48. The predicted molar refractivity (Wildman–Crippen MR) is 94.0 cm³/mol. The molecule has 3 heterocycles. The lowest BCUT2D eigenvalue weighted by molar-refractivity contribution is 0.0291. The van der Waals surface area contributed by atoms with Crippen molar-refractivity contribution in [1.82, 2.24) is 19.9 Å². The summed E-state index contributed by atoms with van der Waals surface area (Å²) in [7, 11) is 0. The van der Waals surface area contributed by atoms with Crippen LogP contribution in [0.25, 0.3) is 16.9 Å². The molecule has 0 aliphatic carbocycles. The van der Waals surface area contributed by atoms with Gasteiger partial charge in [-0.3, -0.25) is 0 Å². The Bertz CT molecular complexity index is 824. The van der Waals surface area contributed by atoms with E-state index in [2.05, 4.69) is 20.7 Å². The maximum Gasteiger partial charge on any atom is 0.157 e. The number of rotatable bonds is 4. The molecule has 0 spiro atoms. The second-order valence-corrected chi connectivity index (χ2v) is 6.35. The van der Waals surface area contributed by atoms with Gasteiger partial charge in [-0.15, -0.1) is 0 Å². The summed E-state index contributed by atoms with van der Waals surface area (Å²) in [4.78, 5) is 4.66. The Morgan fingerprint density at radius 3 is 2.92 bits per heavy atom. The number of aliphatic hydroxyl groups is 1. The van der Waals surface area contributed by atoms with Gasteiger partial charge in [0.1, 0.15) is 5.82 Å². The largest absolute Gasteiger partial charge is 0.387 e. The molecule has 1 aliphatic rings. The Labute approximate surface area is 140 Å². The zero-order valence-electron chi connectivity index (χ0n) is 13.4. The van der Waals surface area contributed by atoms with Crippen LogP contribution in [0.5, 0.6) is 0 Å². The molecule has 0 amide bonds. The van der Waals surface area contributed by atoms with Crippen molar-refractivity contribution in [2.75, 3.05) is 25.0 Å². The van der Waals surface area contributed by atoms with Gasteiger partial charge in [-0.1, -0.05) is 30.3 Å². The van der Waals surface area contributed by atoms with Crippen LogP contribution in [0.4, 0.5) is 5.82 Å². The zero-order valence-corrected chi connectivity index (χ0v) is 13.4. The molecule has 1 atom stereocenters. The number of hydrogen-bond acceptors (Lipinski definition) is 5. The molecule has 6 nitrogen and oxygen atoms in total. The number of anilines is 1. The van der Waals surface area contributed by atoms with E-state index in [-0.39, 0.29) is 0 Å². The Balaban J connectivity index is 1.65. The van der Waals surface area contributed by atoms with Crippen LogP contribution in [0.3, 0.4) is 0 Å². The fourth-order valence-corrected chi connectivity index (χ4v) is 3.15. The van der Waals surface area contributed by atoms with Crippen molar-refractivity contribution in [3.05, 3.63) is 48.7 Å². The molecule has 6 heteroatoms. The number of nitrogens with zero attached hydrogens (tertiary/aromatic N) is 3. The first-order chi connectivity index (χ1) is 11.7. The van der Waals surface area contributed by atoms with Gasteiger partial charge in [0.15, 0.2) is 5.65 Å². The summed E-state index contributed by atoms with van der Waals surface area (Å²) in [6.07, 6.45) is 3.52. The summed E-state index contributed by atoms with van der Waals surface area (Å²) in [6.45, 7) is 2.06. The topological polar surface area (TPSA) is 74.5 Å². The molecule has 1 saturated heterocycles. The number of benzene rings is 1. The van der Waals surface area contributed by atoms with Crippen LogP contribution in [0.2, 0.25) is 0 Å². The first kappa shape index (κ1) is 15.1. The van der Waals surface area contributed by atoms with Crippen LogP contribution < -0.4 is 10.6 Å². The van der Waals surface area contributed by atoms with Crippen LogP contribution in [-0.4, -0.2) is 44.9 Å². The summed E-state index contributed by atoms with van der Waals surface area (Å²) in [5, 5.41) is 21.6. The molecule has 3 aromatic rings. The van der Waals surface area contributed by atoms with Crippen molar-refractivity contribution >= 4 is 11.5 Å². The monoisotopic (exact) mass is 323 g/mol. The highest BCUT2D eigenvalue weighted by atomic mass is 16.3. The Morgan fingerprint density at radius 2 is 2.12 bits per heavy atom. The van der Waals surface area contributed by atoms with Crippen molar-refractivity contribution in [2.24, 2.45) is 0 Å². The molecular formula is C18H21N5O. The standard InChI is InChI=1S/C18H21N5O/c24-18(8-4-9-19-12-18)13-20-17-11-15(14-5-2-1-3-6-14)22-16-7-10-21-23(16)17/h1-3,5-7,10-11,19-20,24H,4,8-9,12-13H2/t18-/m1/s1. The second-order valence-electron chi connectivity index (χ2n) is 6.35. The van der Waals surface area contributed by atoms with Crippen LogP contribution in [-0.2, 0) is 0 Å². The fraction of sp³-hybridized carbons (Fsp3) is 0.333. The summed E-state index contributed by atoms with van der Waals surface area (Å²) >= 11 is 0. The lowest BCUT2D eigenvalue weighted by Gasteiger charge is -2.33. The number of hydrogen-bond donors (Lipinski definition) is 3. The van der Waals surface area contributed by atoms with Crippen molar-refractivity contribution < 1.29 is 5.11 Å². The van der Waals surface area contributed by atoms with Crippen LogP contribution in [0, 0.1) is 0 Å². The molecular weight excluding hydrogens is 302 g/mol. The van der Waals surface area contributed by atoms with Gasteiger partial charge in [0.2, 0.25) is 0 Å². The number of piperidine rings is 1. The van der Waals surface area contributed by atoms with Gasteiger partial charge in [-0.2, -0.15) is 9.61 Å². The summed E-state index contributed by atoms with van der Waals surface area (Å²) < 4.78 is 1.77. The minimum atomic E-state index is -0.728. The quantitative estimate of drug-likeness (QED) is 0.684. The molecule has 0 bridgehead atoms. The van der Waals surface area contributed by atoms with Gasteiger partial charge in [-0.05, 0) is 19.4 Å². The van der Waals surface area contributed by atoms with E-state index < -0.39 is 5.60 Å². The molecule has 0 unspecified atom stereocenters. The fourth-order valence-electron chi connectivity index (χ4n) is 3.15. The van der Waals surface area contributed by atoms with Gasteiger partial charge >= 0.3 is 0 Å². The normalized spacial score (nSPS) is 21.0. The Kier molecular flexibility index (Phi) is 3.92. The van der Waals surface area contributed by atoms with E-state index in [0.717, 1.165) is 42.1 Å². The van der Waals surface area contributed by atoms with E-state index in [1.807, 2.05) is 42.5 Å². The number of β-amino-alcohol motifs (C(OH)–C–C–N with tert-alkyl or cyclic N) is 1. The highest BCUT2D eigenvalue weighted by molar-refractivity contribution is 5.66.